The van der Waals surface area contributed by atoms with E-state index in [2.05, 4.69) is 16.2 Å². The van der Waals surface area contributed by atoms with Gasteiger partial charge in [0.15, 0.2) is 0 Å². The molecule has 0 aromatic carbocycles. The Labute approximate surface area is 142 Å². The maximum absolute atomic E-state index is 10.3. The van der Waals surface area contributed by atoms with Crippen LogP contribution in [0.2, 0.25) is 0 Å². The smallest absolute Gasteiger partial charge is 0.303 e. The molecule has 0 amide bonds. The van der Waals surface area contributed by atoms with Crippen molar-refractivity contribution in [3.63, 3.8) is 0 Å². The number of hydrogen-bond donors (Lipinski definition) is 1. The number of unbranched alkanes of at least 4 members (excludes halogenated alkanes) is 14. The summed E-state index contributed by atoms with van der Waals surface area (Å²) in [5, 5.41) is 8.52. The highest BCUT2D eigenvalue weighted by Gasteiger charge is 1.97. The minimum atomic E-state index is -0.653. The van der Waals surface area contributed by atoms with Crippen LogP contribution in [0.15, 0.2) is 0 Å². The van der Waals surface area contributed by atoms with Gasteiger partial charge in [0.2, 0.25) is 0 Å². The zero-order chi connectivity index (χ0) is 16.9. The molecule has 1 N–H and O–H groups in total. The number of carboxylic acid groups (broad SMARTS) is 1. The zero-order valence-electron chi connectivity index (χ0n) is 15.2. The highest BCUT2D eigenvalue weighted by atomic mass is 31.0. The van der Waals surface area contributed by atoms with Crippen molar-refractivity contribution < 1.29 is 9.90 Å². The lowest BCUT2D eigenvalue weighted by Crippen LogP contribution is -1.93. The Morgan fingerprint density at radius 1 is 0.636 bits per heavy atom. The molecule has 22 heavy (non-hydrogen) atoms. The van der Waals surface area contributed by atoms with E-state index >= 15 is 0 Å². The lowest BCUT2D eigenvalue weighted by Gasteiger charge is -2.03. The second-order valence-corrected chi connectivity index (χ2v) is 6.09. The molecule has 0 radical (unpaired) electrons. The third-order valence-electron chi connectivity index (χ3n) is 3.99. The Kier molecular flexibility index (Phi) is 25.4. The van der Waals surface area contributed by atoms with Gasteiger partial charge in [0, 0.05) is 6.42 Å². The van der Waals surface area contributed by atoms with Crippen LogP contribution in [0, 0.1) is 0 Å². The SMILES string of the molecule is CCCCCCCCCCCCCCCCCC(=O)O.CP. The molecular weight excluding hydrogens is 291 g/mol. The van der Waals surface area contributed by atoms with Crippen molar-refractivity contribution in [3.8, 4) is 0 Å². The minimum absolute atomic E-state index is 0.345. The van der Waals surface area contributed by atoms with E-state index in [1.54, 1.807) is 0 Å². The molecule has 1 unspecified atom stereocenters. The molecule has 134 valence electrons. The minimum Gasteiger partial charge on any atom is -0.481 e. The molecule has 0 aliphatic carbocycles. The third-order valence-corrected chi connectivity index (χ3v) is 3.99. The molecule has 3 heteroatoms. The fourth-order valence-corrected chi connectivity index (χ4v) is 2.65. The first-order chi connectivity index (χ1) is 10.8. The summed E-state index contributed by atoms with van der Waals surface area (Å²) in [6.07, 6.45) is 20.2. The summed E-state index contributed by atoms with van der Waals surface area (Å²) in [6.45, 7) is 4.19. The van der Waals surface area contributed by atoms with E-state index in [0.717, 1.165) is 12.8 Å². The number of carbonyl (C=O) groups is 1. The van der Waals surface area contributed by atoms with Gasteiger partial charge >= 0.3 is 5.97 Å². The summed E-state index contributed by atoms with van der Waals surface area (Å²) in [5.74, 6) is -0.653. The third kappa shape index (κ3) is 24.9. The summed E-state index contributed by atoms with van der Waals surface area (Å²) in [7, 11) is 2.42. The number of carboxylic acids is 1. The molecule has 0 aliphatic heterocycles. The first kappa shape index (κ1) is 24.2. The first-order valence-electron chi connectivity index (χ1n) is 9.57. The molecule has 0 aromatic rings. The molecule has 0 aliphatic rings. The molecule has 0 spiro atoms. The summed E-state index contributed by atoms with van der Waals surface area (Å²) in [4.78, 5) is 10.3. The van der Waals surface area contributed by atoms with Gasteiger partial charge in [-0.3, -0.25) is 4.79 Å². The maximum Gasteiger partial charge on any atom is 0.303 e. The molecule has 2 nitrogen and oxygen atoms in total. The van der Waals surface area contributed by atoms with Crippen LogP contribution in [0.1, 0.15) is 110 Å². The molecule has 0 heterocycles. The molecule has 1 atom stereocenters. The Balaban J connectivity index is 0. The van der Waals surface area contributed by atoms with Crippen LogP contribution in [0.25, 0.3) is 0 Å². The fraction of sp³-hybridized carbons (Fsp3) is 0.947. The van der Waals surface area contributed by atoms with Gasteiger partial charge in [-0.1, -0.05) is 103 Å². The molecule has 0 saturated heterocycles. The number of hydrogen-bond acceptors (Lipinski definition) is 1. The molecule has 0 aromatic heterocycles. The average molecular weight is 333 g/mol. The second-order valence-electron chi connectivity index (χ2n) is 6.09. The van der Waals surface area contributed by atoms with Crippen LogP contribution in [-0.4, -0.2) is 17.7 Å². The van der Waals surface area contributed by atoms with Gasteiger partial charge in [0.05, 0.1) is 0 Å². The average Bonchev–Trinajstić information content (AvgIpc) is 2.53. The fourth-order valence-electron chi connectivity index (χ4n) is 2.65. The highest BCUT2D eigenvalue weighted by molar-refractivity contribution is 7.15. The molecule has 0 rings (SSSR count). The van der Waals surface area contributed by atoms with Gasteiger partial charge in [0.1, 0.15) is 0 Å². The normalized spacial score (nSPS) is 10.1. The zero-order valence-corrected chi connectivity index (χ0v) is 16.4. The Morgan fingerprint density at radius 3 is 1.18 bits per heavy atom. The largest absolute Gasteiger partial charge is 0.481 e. The van der Waals surface area contributed by atoms with E-state index < -0.39 is 5.97 Å². The van der Waals surface area contributed by atoms with Crippen molar-refractivity contribution in [3.05, 3.63) is 0 Å². The molecule has 0 saturated carbocycles. The van der Waals surface area contributed by atoms with Crippen LogP contribution >= 0.6 is 9.24 Å². The topological polar surface area (TPSA) is 37.3 Å². The van der Waals surface area contributed by atoms with Gasteiger partial charge in [-0.05, 0) is 6.42 Å². The quantitative estimate of drug-likeness (QED) is 0.248. The number of aliphatic carboxylic acids is 1. The molecular formula is C19H41O2P. The van der Waals surface area contributed by atoms with Crippen LogP contribution in [0.4, 0.5) is 0 Å². The predicted molar refractivity (Wildman–Crippen MR) is 103 cm³/mol. The van der Waals surface area contributed by atoms with E-state index in [1.165, 1.54) is 83.5 Å². The van der Waals surface area contributed by atoms with Crippen LogP contribution in [0.3, 0.4) is 0 Å². The van der Waals surface area contributed by atoms with Crippen molar-refractivity contribution in [2.24, 2.45) is 0 Å². The number of rotatable bonds is 16. The van der Waals surface area contributed by atoms with E-state index in [4.69, 9.17) is 5.11 Å². The molecule has 0 bridgehead atoms. The van der Waals surface area contributed by atoms with Crippen molar-refractivity contribution in [1.82, 2.24) is 0 Å². The predicted octanol–water partition coefficient (Wildman–Crippen LogP) is 6.82. The van der Waals surface area contributed by atoms with Crippen molar-refractivity contribution in [1.29, 1.82) is 0 Å². The van der Waals surface area contributed by atoms with E-state index in [-0.39, 0.29) is 0 Å². The van der Waals surface area contributed by atoms with Crippen molar-refractivity contribution >= 4 is 15.2 Å². The maximum atomic E-state index is 10.3. The Hall–Kier alpha value is -0.100. The van der Waals surface area contributed by atoms with Gasteiger partial charge in [-0.25, -0.2) is 0 Å². The standard InChI is InChI=1S/C18H36O2.CH5P/c1-2-3-4-5-6-7-8-9-10-11-12-13-14-15-16-17-18(19)20;1-2/h2-17H2,1H3,(H,19,20);2H2,1H3. The van der Waals surface area contributed by atoms with Gasteiger partial charge < -0.3 is 5.11 Å². The van der Waals surface area contributed by atoms with Crippen LogP contribution in [-0.2, 0) is 4.79 Å². The summed E-state index contributed by atoms with van der Waals surface area (Å²) in [6, 6.07) is 0. The Bertz CT molecular complexity index is 208. The lowest BCUT2D eigenvalue weighted by molar-refractivity contribution is -0.137. The van der Waals surface area contributed by atoms with Gasteiger partial charge in [-0.15, -0.1) is 9.24 Å². The first-order valence-corrected chi connectivity index (χ1v) is 10.7. The Morgan fingerprint density at radius 2 is 0.909 bits per heavy atom. The van der Waals surface area contributed by atoms with E-state index in [1.807, 2.05) is 6.66 Å². The van der Waals surface area contributed by atoms with Crippen LogP contribution < -0.4 is 0 Å². The molecule has 0 fully saturated rings. The summed E-state index contributed by atoms with van der Waals surface area (Å²) >= 11 is 0. The van der Waals surface area contributed by atoms with Crippen molar-refractivity contribution in [2.75, 3.05) is 6.66 Å². The van der Waals surface area contributed by atoms with Gasteiger partial charge in [0.25, 0.3) is 0 Å². The monoisotopic (exact) mass is 332 g/mol. The summed E-state index contributed by atoms with van der Waals surface area (Å²) in [5.41, 5.74) is 0. The highest BCUT2D eigenvalue weighted by Crippen LogP contribution is 2.13. The second kappa shape index (κ2) is 23.2. The van der Waals surface area contributed by atoms with E-state index in [9.17, 15) is 4.79 Å². The van der Waals surface area contributed by atoms with Crippen LogP contribution in [0.5, 0.6) is 0 Å². The van der Waals surface area contributed by atoms with Gasteiger partial charge in [-0.2, -0.15) is 0 Å². The van der Waals surface area contributed by atoms with E-state index in [0.29, 0.717) is 6.42 Å². The lowest BCUT2D eigenvalue weighted by atomic mass is 10.0. The van der Waals surface area contributed by atoms with Crippen molar-refractivity contribution in [2.45, 2.75) is 110 Å². The summed E-state index contributed by atoms with van der Waals surface area (Å²) < 4.78 is 0.